The molecule has 2 aromatic rings. The molecule has 1 aromatic heterocycles. The van der Waals surface area contributed by atoms with Gasteiger partial charge in [-0.25, -0.2) is 0 Å². The number of hydrogen-bond donors (Lipinski definition) is 1. The fraction of sp³-hybridized carbons (Fsp3) is 0.385. The molecule has 2 heterocycles. The number of halogens is 2. The molecular formula is C13H14Cl2N4O. The molecule has 0 unspecified atom stereocenters. The van der Waals surface area contributed by atoms with Crippen molar-refractivity contribution in [1.82, 2.24) is 20.4 Å². The maximum atomic E-state index is 6.15. The molecule has 1 N–H and O–H groups in total. The van der Waals surface area contributed by atoms with Crippen LogP contribution in [0.4, 0.5) is 0 Å². The summed E-state index contributed by atoms with van der Waals surface area (Å²) in [6.07, 6.45) is 0. The molecular weight excluding hydrogens is 299 g/mol. The van der Waals surface area contributed by atoms with Crippen LogP contribution in [0.15, 0.2) is 22.7 Å². The van der Waals surface area contributed by atoms with Crippen molar-refractivity contribution in [2.45, 2.75) is 6.54 Å². The first-order valence-electron chi connectivity index (χ1n) is 6.44. The van der Waals surface area contributed by atoms with E-state index in [2.05, 4.69) is 20.4 Å². The van der Waals surface area contributed by atoms with Gasteiger partial charge in [0.25, 0.3) is 5.89 Å². The lowest BCUT2D eigenvalue weighted by Gasteiger charge is -2.25. The Bertz CT molecular complexity index is 596. The highest BCUT2D eigenvalue weighted by Gasteiger charge is 2.17. The third-order valence-electron chi connectivity index (χ3n) is 3.22. The van der Waals surface area contributed by atoms with Gasteiger partial charge >= 0.3 is 0 Å². The summed E-state index contributed by atoms with van der Waals surface area (Å²) in [7, 11) is 0. The second-order valence-corrected chi connectivity index (χ2v) is 5.43. The number of aromatic nitrogens is 2. The summed E-state index contributed by atoms with van der Waals surface area (Å²) in [5.74, 6) is 1.07. The van der Waals surface area contributed by atoms with Crippen molar-refractivity contribution in [3.05, 3.63) is 34.1 Å². The third-order valence-corrected chi connectivity index (χ3v) is 4.04. The van der Waals surface area contributed by atoms with Crippen molar-refractivity contribution < 1.29 is 4.52 Å². The highest BCUT2D eigenvalue weighted by molar-refractivity contribution is 6.43. The van der Waals surface area contributed by atoms with E-state index < -0.39 is 0 Å². The maximum absolute atomic E-state index is 6.15. The first kappa shape index (κ1) is 13.8. The molecule has 3 rings (SSSR count). The van der Waals surface area contributed by atoms with E-state index in [1.807, 2.05) is 12.1 Å². The number of piperazine rings is 1. The quantitative estimate of drug-likeness (QED) is 0.943. The van der Waals surface area contributed by atoms with Crippen molar-refractivity contribution in [2.75, 3.05) is 26.2 Å². The predicted octanol–water partition coefficient (Wildman–Crippen LogP) is 2.45. The zero-order valence-corrected chi connectivity index (χ0v) is 12.3. The number of nitrogens with zero attached hydrogens (tertiary/aromatic N) is 3. The second kappa shape index (κ2) is 6.10. The molecule has 0 saturated carbocycles. The summed E-state index contributed by atoms with van der Waals surface area (Å²) in [6, 6.07) is 5.35. The average Bonchev–Trinajstić information content (AvgIpc) is 2.91. The van der Waals surface area contributed by atoms with Gasteiger partial charge < -0.3 is 9.84 Å². The third kappa shape index (κ3) is 2.96. The molecule has 1 aliphatic heterocycles. The monoisotopic (exact) mass is 312 g/mol. The molecule has 0 radical (unpaired) electrons. The van der Waals surface area contributed by atoms with Gasteiger partial charge in [-0.3, -0.25) is 4.90 Å². The molecule has 5 nitrogen and oxygen atoms in total. The standard InChI is InChI=1S/C13H14Cl2N4O/c14-10-3-1-2-9(12(10)15)13-17-11(18-20-13)8-19-6-4-16-5-7-19/h1-3,16H,4-8H2. The van der Waals surface area contributed by atoms with Gasteiger partial charge in [0.15, 0.2) is 5.82 Å². The van der Waals surface area contributed by atoms with E-state index in [0.717, 1.165) is 26.2 Å². The summed E-state index contributed by atoms with van der Waals surface area (Å²) in [6.45, 7) is 4.64. The summed E-state index contributed by atoms with van der Waals surface area (Å²) < 4.78 is 5.28. The number of nitrogens with one attached hydrogen (secondary N) is 1. The lowest BCUT2D eigenvalue weighted by atomic mass is 10.2. The van der Waals surface area contributed by atoms with Crippen LogP contribution in [0.5, 0.6) is 0 Å². The Kier molecular flexibility index (Phi) is 4.21. The first-order chi connectivity index (χ1) is 9.74. The van der Waals surface area contributed by atoms with E-state index in [-0.39, 0.29) is 0 Å². The molecule has 0 spiro atoms. The van der Waals surface area contributed by atoms with Crippen LogP contribution in [0, 0.1) is 0 Å². The van der Waals surface area contributed by atoms with E-state index >= 15 is 0 Å². The Morgan fingerprint density at radius 1 is 1.25 bits per heavy atom. The van der Waals surface area contributed by atoms with Crippen molar-refractivity contribution >= 4 is 23.2 Å². The van der Waals surface area contributed by atoms with Crippen LogP contribution in [0.2, 0.25) is 10.0 Å². The van der Waals surface area contributed by atoms with Crippen LogP contribution in [-0.4, -0.2) is 41.2 Å². The highest BCUT2D eigenvalue weighted by Crippen LogP contribution is 2.32. The minimum Gasteiger partial charge on any atom is -0.334 e. The molecule has 1 aliphatic rings. The molecule has 0 bridgehead atoms. The maximum Gasteiger partial charge on any atom is 0.259 e. The summed E-state index contributed by atoms with van der Waals surface area (Å²) in [5, 5.41) is 8.23. The molecule has 20 heavy (non-hydrogen) atoms. The van der Waals surface area contributed by atoms with Crippen molar-refractivity contribution in [1.29, 1.82) is 0 Å². The Balaban J connectivity index is 1.77. The van der Waals surface area contributed by atoms with Crippen molar-refractivity contribution in [3.8, 4) is 11.5 Å². The zero-order chi connectivity index (χ0) is 13.9. The molecule has 1 aromatic carbocycles. The molecule has 1 saturated heterocycles. The van der Waals surface area contributed by atoms with Crippen molar-refractivity contribution in [3.63, 3.8) is 0 Å². The van der Waals surface area contributed by atoms with Crippen LogP contribution in [0.3, 0.4) is 0 Å². The van der Waals surface area contributed by atoms with E-state index in [1.165, 1.54) is 0 Å². The Hall–Kier alpha value is -1.14. The summed E-state index contributed by atoms with van der Waals surface area (Å²) in [5.41, 5.74) is 0.665. The number of hydrogen-bond acceptors (Lipinski definition) is 5. The van der Waals surface area contributed by atoms with Crippen LogP contribution in [0.1, 0.15) is 5.82 Å². The number of benzene rings is 1. The van der Waals surface area contributed by atoms with E-state index in [9.17, 15) is 0 Å². The molecule has 1 fully saturated rings. The van der Waals surface area contributed by atoms with Gasteiger partial charge in [0, 0.05) is 26.2 Å². The molecule has 106 valence electrons. The molecule has 0 atom stereocenters. The highest BCUT2D eigenvalue weighted by atomic mass is 35.5. The van der Waals surface area contributed by atoms with Crippen molar-refractivity contribution in [2.24, 2.45) is 0 Å². The van der Waals surface area contributed by atoms with Gasteiger partial charge in [-0.1, -0.05) is 34.4 Å². The summed E-state index contributed by atoms with van der Waals surface area (Å²) in [4.78, 5) is 6.68. The van der Waals surface area contributed by atoms with E-state index in [0.29, 0.717) is 33.9 Å². The Labute approximate surface area is 126 Å². The lowest BCUT2D eigenvalue weighted by Crippen LogP contribution is -2.43. The van der Waals surface area contributed by atoms with Gasteiger partial charge in [-0.05, 0) is 12.1 Å². The van der Waals surface area contributed by atoms with Gasteiger partial charge in [0.1, 0.15) is 0 Å². The topological polar surface area (TPSA) is 54.2 Å². The van der Waals surface area contributed by atoms with Gasteiger partial charge in [-0.15, -0.1) is 0 Å². The van der Waals surface area contributed by atoms with Crippen LogP contribution in [0.25, 0.3) is 11.5 Å². The normalized spacial score (nSPS) is 16.5. The minimum atomic E-state index is 0.405. The largest absolute Gasteiger partial charge is 0.334 e. The lowest BCUT2D eigenvalue weighted by molar-refractivity contribution is 0.225. The zero-order valence-electron chi connectivity index (χ0n) is 10.8. The second-order valence-electron chi connectivity index (χ2n) is 4.64. The smallest absolute Gasteiger partial charge is 0.259 e. The van der Waals surface area contributed by atoms with Gasteiger partial charge in [0.2, 0.25) is 0 Å². The molecule has 0 aliphatic carbocycles. The van der Waals surface area contributed by atoms with Crippen LogP contribution in [-0.2, 0) is 6.54 Å². The summed E-state index contributed by atoms with van der Waals surface area (Å²) >= 11 is 12.1. The predicted molar refractivity (Wildman–Crippen MR) is 77.9 cm³/mol. The molecule has 0 amide bonds. The minimum absolute atomic E-state index is 0.405. The average molecular weight is 313 g/mol. The van der Waals surface area contributed by atoms with Crippen LogP contribution >= 0.6 is 23.2 Å². The fourth-order valence-corrected chi connectivity index (χ4v) is 2.55. The van der Waals surface area contributed by atoms with Gasteiger partial charge in [0.05, 0.1) is 22.2 Å². The number of rotatable bonds is 3. The first-order valence-corrected chi connectivity index (χ1v) is 7.19. The fourth-order valence-electron chi connectivity index (χ4n) is 2.17. The SMILES string of the molecule is Clc1cccc(-c2nc(CN3CCNCC3)no2)c1Cl. The Morgan fingerprint density at radius 3 is 2.85 bits per heavy atom. The Morgan fingerprint density at radius 2 is 2.05 bits per heavy atom. The molecule has 7 heteroatoms. The van der Waals surface area contributed by atoms with E-state index in [4.69, 9.17) is 27.7 Å². The van der Waals surface area contributed by atoms with E-state index in [1.54, 1.807) is 6.07 Å². The van der Waals surface area contributed by atoms with Gasteiger partial charge in [-0.2, -0.15) is 4.98 Å². The van der Waals surface area contributed by atoms with Crippen LogP contribution < -0.4 is 5.32 Å².